The van der Waals surface area contributed by atoms with Crippen LogP contribution >= 0.6 is 0 Å². The van der Waals surface area contributed by atoms with E-state index in [0.717, 1.165) is 30.0 Å². The van der Waals surface area contributed by atoms with E-state index in [-0.39, 0.29) is 0 Å². The van der Waals surface area contributed by atoms with E-state index in [1.807, 2.05) is 12.1 Å². The number of nitrogens with one attached hydrogen (secondary N) is 1. The van der Waals surface area contributed by atoms with Crippen molar-refractivity contribution in [2.75, 3.05) is 23.8 Å². The van der Waals surface area contributed by atoms with Crippen LogP contribution in [0.25, 0.3) is 11.2 Å². The van der Waals surface area contributed by atoms with Crippen molar-refractivity contribution in [2.45, 2.75) is 6.42 Å². The van der Waals surface area contributed by atoms with Gasteiger partial charge in [0.1, 0.15) is 11.3 Å². The molecule has 0 fully saturated rings. The fourth-order valence-electron chi connectivity index (χ4n) is 2.69. The summed E-state index contributed by atoms with van der Waals surface area (Å²) in [6.45, 7) is 1.09. The summed E-state index contributed by atoms with van der Waals surface area (Å²) < 4.78 is 0. The Morgan fingerprint density at radius 1 is 1.10 bits per heavy atom. The van der Waals surface area contributed by atoms with Crippen LogP contribution in [0, 0.1) is 0 Å². The van der Waals surface area contributed by atoms with E-state index >= 15 is 0 Å². The monoisotopic (exact) mass is 277 g/mol. The molecule has 3 heterocycles. The first-order chi connectivity index (χ1) is 10.3. The van der Waals surface area contributed by atoms with E-state index in [4.69, 9.17) is 0 Å². The van der Waals surface area contributed by atoms with Crippen LogP contribution in [0.3, 0.4) is 0 Å². The lowest BCUT2D eigenvalue weighted by molar-refractivity contribution is 0.956. The Balaban J connectivity index is 1.67. The van der Waals surface area contributed by atoms with Crippen molar-refractivity contribution in [3.63, 3.8) is 0 Å². The molecule has 104 valence electrons. The van der Waals surface area contributed by atoms with Crippen LogP contribution in [-0.4, -0.2) is 28.5 Å². The summed E-state index contributed by atoms with van der Waals surface area (Å²) in [5, 5.41) is 3.34. The molecule has 1 aromatic carbocycles. The smallest absolute Gasteiger partial charge is 0.180 e. The molecule has 5 heteroatoms. The van der Waals surface area contributed by atoms with Gasteiger partial charge in [-0.05, 0) is 36.2 Å². The number of likely N-dealkylation sites (N-methyl/N-ethyl adjacent to an activating group) is 1. The third kappa shape index (κ3) is 2.16. The van der Waals surface area contributed by atoms with Gasteiger partial charge in [-0.2, -0.15) is 0 Å². The van der Waals surface area contributed by atoms with Gasteiger partial charge in [-0.25, -0.2) is 9.97 Å². The van der Waals surface area contributed by atoms with E-state index in [0.29, 0.717) is 5.65 Å². The third-order valence-corrected chi connectivity index (χ3v) is 3.82. The number of hydrogen-bond acceptors (Lipinski definition) is 5. The second-order valence-corrected chi connectivity index (χ2v) is 5.24. The number of fused-ring (bicyclic) bond motifs is 2. The fourth-order valence-corrected chi connectivity index (χ4v) is 2.69. The van der Waals surface area contributed by atoms with E-state index in [2.05, 4.69) is 50.4 Å². The molecule has 0 amide bonds. The molecule has 21 heavy (non-hydrogen) atoms. The van der Waals surface area contributed by atoms with Crippen LogP contribution in [0.2, 0.25) is 0 Å². The highest BCUT2D eigenvalue weighted by Gasteiger charge is 2.15. The van der Waals surface area contributed by atoms with Crippen molar-refractivity contribution in [3.8, 4) is 0 Å². The van der Waals surface area contributed by atoms with Crippen molar-refractivity contribution in [2.24, 2.45) is 0 Å². The molecule has 0 saturated carbocycles. The maximum absolute atomic E-state index is 4.48. The maximum Gasteiger partial charge on any atom is 0.180 e. The van der Waals surface area contributed by atoms with E-state index in [1.54, 1.807) is 12.4 Å². The predicted molar refractivity (Wildman–Crippen MR) is 84.0 cm³/mol. The van der Waals surface area contributed by atoms with Gasteiger partial charge in [-0.1, -0.05) is 6.07 Å². The van der Waals surface area contributed by atoms with Crippen LogP contribution in [0.5, 0.6) is 0 Å². The van der Waals surface area contributed by atoms with Gasteiger partial charge in [0.25, 0.3) is 0 Å². The molecule has 0 unspecified atom stereocenters. The van der Waals surface area contributed by atoms with E-state index in [1.165, 1.54) is 11.3 Å². The Labute approximate surface area is 122 Å². The minimum absolute atomic E-state index is 0.653. The normalized spacial score (nSPS) is 13.5. The van der Waals surface area contributed by atoms with E-state index in [9.17, 15) is 0 Å². The van der Waals surface area contributed by atoms with Crippen molar-refractivity contribution < 1.29 is 0 Å². The van der Waals surface area contributed by atoms with Gasteiger partial charge in [0.05, 0.1) is 0 Å². The standard InChI is InChI=1S/C16H15N5/c1-21-9-6-11-2-3-12(10-14(11)21)19-15-5-4-13-16(20-15)18-8-7-17-13/h2-5,7-8,10H,6,9H2,1H3,(H,18,19,20). The lowest BCUT2D eigenvalue weighted by Crippen LogP contribution is -2.12. The van der Waals surface area contributed by atoms with Gasteiger partial charge in [0.2, 0.25) is 0 Å². The summed E-state index contributed by atoms with van der Waals surface area (Å²) in [6, 6.07) is 10.3. The number of benzene rings is 1. The maximum atomic E-state index is 4.48. The van der Waals surface area contributed by atoms with Crippen LogP contribution in [0.1, 0.15) is 5.56 Å². The van der Waals surface area contributed by atoms with Crippen molar-refractivity contribution in [3.05, 3.63) is 48.3 Å². The predicted octanol–water partition coefficient (Wildman–Crippen LogP) is 2.76. The summed E-state index contributed by atoms with van der Waals surface area (Å²) in [5.41, 5.74) is 5.19. The molecule has 5 nitrogen and oxygen atoms in total. The van der Waals surface area contributed by atoms with Gasteiger partial charge < -0.3 is 10.2 Å². The summed E-state index contributed by atoms with van der Waals surface area (Å²) in [7, 11) is 2.12. The summed E-state index contributed by atoms with van der Waals surface area (Å²) >= 11 is 0. The quantitative estimate of drug-likeness (QED) is 0.780. The summed E-state index contributed by atoms with van der Waals surface area (Å²) in [6.07, 6.45) is 4.45. The first-order valence-electron chi connectivity index (χ1n) is 6.98. The number of rotatable bonds is 2. The highest BCUT2D eigenvalue weighted by Crippen LogP contribution is 2.30. The topological polar surface area (TPSA) is 53.9 Å². The van der Waals surface area contributed by atoms with Crippen LogP contribution in [0.15, 0.2) is 42.7 Å². The van der Waals surface area contributed by atoms with Gasteiger partial charge in [0.15, 0.2) is 5.65 Å². The van der Waals surface area contributed by atoms with Crippen molar-refractivity contribution in [1.82, 2.24) is 15.0 Å². The molecule has 0 aliphatic carbocycles. The lowest BCUT2D eigenvalue weighted by atomic mass is 10.1. The summed E-state index contributed by atoms with van der Waals surface area (Å²) in [5.74, 6) is 0.781. The Morgan fingerprint density at radius 2 is 2.00 bits per heavy atom. The first-order valence-corrected chi connectivity index (χ1v) is 6.98. The lowest BCUT2D eigenvalue weighted by Gasteiger charge is -2.13. The molecule has 0 bridgehead atoms. The minimum Gasteiger partial charge on any atom is -0.374 e. The Kier molecular flexibility index (Phi) is 2.70. The van der Waals surface area contributed by atoms with Crippen LogP contribution < -0.4 is 10.2 Å². The van der Waals surface area contributed by atoms with Gasteiger partial charge in [-0.3, -0.25) is 4.98 Å². The molecule has 0 saturated heterocycles. The molecule has 1 aliphatic rings. The molecule has 4 rings (SSSR count). The number of nitrogens with zero attached hydrogens (tertiary/aromatic N) is 4. The molecule has 2 aromatic heterocycles. The molecule has 0 radical (unpaired) electrons. The molecule has 0 spiro atoms. The molecule has 3 aromatic rings. The molecule has 1 aliphatic heterocycles. The Morgan fingerprint density at radius 3 is 2.95 bits per heavy atom. The summed E-state index contributed by atoms with van der Waals surface area (Å²) in [4.78, 5) is 15.2. The van der Waals surface area contributed by atoms with Crippen molar-refractivity contribution >= 4 is 28.4 Å². The Bertz CT molecular complexity index is 815. The molecule has 1 N–H and O–H groups in total. The largest absolute Gasteiger partial charge is 0.374 e. The molecule has 0 atom stereocenters. The van der Waals surface area contributed by atoms with Crippen LogP contribution in [0.4, 0.5) is 17.2 Å². The van der Waals surface area contributed by atoms with Gasteiger partial charge in [0, 0.05) is 37.4 Å². The average molecular weight is 277 g/mol. The molecular formula is C16H15N5. The SMILES string of the molecule is CN1CCc2ccc(Nc3ccc4nccnc4n3)cc21. The van der Waals surface area contributed by atoms with E-state index < -0.39 is 0 Å². The zero-order chi connectivity index (χ0) is 14.2. The number of anilines is 3. The molecular weight excluding hydrogens is 262 g/mol. The minimum atomic E-state index is 0.653. The number of pyridine rings is 1. The third-order valence-electron chi connectivity index (χ3n) is 3.82. The Hall–Kier alpha value is -2.69. The second-order valence-electron chi connectivity index (χ2n) is 5.24. The second kappa shape index (κ2) is 4.70. The zero-order valence-corrected chi connectivity index (χ0v) is 11.7. The number of hydrogen-bond donors (Lipinski definition) is 1. The average Bonchev–Trinajstić information content (AvgIpc) is 2.88. The fraction of sp³-hybridized carbons (Fsp3) is 0.188. The zero-order valence-electron chi connectivity index (χ0n) is 11.7. The van der Waals surface area contributed by atoms with Gasteiger partial charge >= 0.3 is 0 Å². The van der Waals surface area contributed by atoms with Gasteiger partial charge in [-0.15, -0.1) is 0 Å². The highest BCUT2D eigenvalue weighted by molar-refractivity contribution is 5.74. The van der Waals surface area contributed by atoms with Crippen molar-refractivity contribution in [1.29, 1.82) is 0 Å². The van der Waals surface area contributed by atoms with Crippen LogP contribution in [-0.2, 0) is 6.42 Å². The highest BCUT2D eigenvalue weighted by atomic mass is 15.1. The first kappa shape index (κ1) is 12.1. The number of aromatic nitrogens is 3.